The van der Waals surface area contributed by atoms with Crippen molar-refractivity contribution in [2.24, 2.45) is 10.1 Å². The molecule has 3 aromatic carbocycles. The highest BCUT2D eigenvalue weighted by Crippen LogP contribution is 2.26. The number of aryl methyl sites for hydroxylation is 1. The average Bonchev–Trinajstić information content (AvgIpc) is 2.88. The Morgan fingerprint density at radius 2 is 1.44 bits per heavy atom. The quantitative estimate of drug-likeness (QED) is 0.752. The molecule has 1 aliphatic heterocycles. The van der Waals surface area contributed by atoms with Crippen LogP contribution in [0.15, 0.2) is 82.9 Å². The van der Waals surface area contributed by atoms with Crippen molar-refractivity contribution >= 4 is 22.9 Å². The molecule has 0 spiro atoms. The largest absolute Gasteiger partial charge is 0.378 e. The average molecular weight is 354 g/mol. The molecule has 0 saturated heterocycles. The minimum atomic E-state index is 0.752. The minimum Gasteiger partial charge on any atom is -0.378 e. The lowest BCUT2D eigenvalue weighted by Gasteiger charge is -2.13. The van der Waals surface area contributed by atoms with E-state index in [4.69, 9.17) is 10.1 Å². The molecule has 0 amide bonds. The second kappa shape index (κ2) is 7.08. The summed E-state index contributed by atoms with van der Waals surface area (Å²) < 4.78 is 0. The van der Waals surface area contributed by atoms with Crippen LogP contribution in [0.1, 0.15) is 22.3 Å². The van der Waals surface area contributed by atoms with Gasteiger partial charge >= 0.3 is 0 Å². The zero-order valence-corrected chi connectivity index (χ0v) is 15.8. The first-order valence-corrected chi connectivity index (χ1v) is 8.98. The van der Waals surface area contributed by atoms with Gasteiger partial charge in [0, 0.05) is 36.5 Å². The van der Waals surface area contributed by atoms with Gasteiger partial charge in [0.05, 0.1) is 11.4 Å². The molecule has 0 aliphatic carbocycles. The van der Waals surface area contributed by atoms with Crippen LogP contribution in [0, 0.1) is 6.92 Å². The summed E-state index contributed by atoms with van der Waals surface area (Å²) in [6.45, 7) is 2.08. The van der Waals surface area contributed by atoms with Gasteiger partial charge in [0.2, 0.25) is 0 Å². The molecule has 27 heavy (non-hydrogen) atoms. The summed E-state index contributed by atoms with van der Waals surface area (Å²) in [6, 6.07) is 24.8. The van der Waals surface area contributed by atoms with Gasteiger partial charge in [-0.3, -0.25) is 5.43 Å². The third-order valence-corrected chi connectivity index (χ3v) is 4.65. The van der Waals surface area contributed by atoms with Crippen molar-refractivity contribution in [1.82, 2.24) is 5.43 Å². The molecule has 0 radical (unpaired) electrons. The molecule has 1 N–H and O–H groups in total. The van der Waals surface area contributed by atoms with Crippen molar-refractivity contribution in [3.05, 3.63) is 95.1 Å². The molecule has 0 saturated carbocycles. The van der Waals surface area contributed by atoms with Crippen LogP contribution in [0.25, 0.3) is 0 Å². The summed E-state index contributed by atoms with van der Waals surface area (Å²) in [5.74, 6) is 0.752. The number of nitrogens with zero attached hydrogens (tertiary/aromatic N) is 3. The van der Waals surface area contributed by atoms with E-state index in [1.54, 1.807) is 0 Å². The maximum Gasteiger partial charge on any atom is 0.154 e. The Labute approximate surface area is 159 Å². The summed E-state index contributed by atoms with van der Waals surface area (Å²) in [7, 11) is 4.08. The molecule has 0 aromatic heterocycles. The van der Waals surface area contributed by atoms with E-state index in [2.05, 4.69) is 71.8 Å². The van der Waals surface area contributed by atoms with Gasteiger partial charge < -0.3 is 4.90 Å². The van der Waals surface area contributed by atoms with Crippen molar-refractivity contribution in [2.75, 3.05) is 19.0 Å². The number of benzene rings is 3. The van der Waals surface area contributed by atoms with E-state index in [1.165, 1.54) is 5.56 Å². The highest BCUT2D eigenvalue weighted by molar-refractivity contribution is 6.18. The van der Waals surface area contributed by atoms with E-state index < -0.39 is 0 Å². The molecule has 1 aliphatic rings. The third-order valence-electron chi connectivity index (χ3n) is 4.65. The van der Waals surface area contributed by atoms with Crippen LogP contribution in [0.3, 0.4) is 0 Å². The number of hydrogen-bond acceptors (Lipinski definition) is 4. The maximum absolute atomic E-state index is 4.84. The van der Waals surface area contributed by atoms with Crippen LogP contribution in [0.2, 0.25) is 0 Å². The van der Waals surface area contributed by atoms with Crippen molar-refractivity contribution in [3.8, 4) is 0 Å². The zero-order valence-electron chi connectivity index (χ0n) is 15.8. The number of rotatable bonds is 3. The van der Waals surface area contributed by atoms with E-state index in [0.29, 0.717) is 0 Å². The summed E-state index contributed by atoms with van der Waals surface area (Å²) in [6.07, 6.45) is 0. The molecule has 0 atom stereocenters. The number of nitrogens with one attached hydrogen (secondary N) is 1. The van der Waals surface area contributed by atoms with Gasteiger partial charge in [-0.15, -0.1) is 0 Å². The first-order valence-electron chi connectivity index (χ1n) is 8.98. The molecule has 4 rings (SSSR count). The predicted molar refractivity (Wildman–Crippen MR) is 113 cm³/mol. The number of hydrogen-bond donors (Lipinski definition) is 1. The second-order valence-corrected chi connectivity index (χ2v) is 6.86. The molecule has 0 unspecified atom stereocenters. The Morgan fingerprint density at radius 1 is 0.778 bits per heavy atom. The molecule has 0 fully saturated rings. The van der Waals surface area contributed by atoms with Crippen LogP contribution in [-0.4, -0.2) is 25.6 Å². The molecule has 4 nitrogen and oxygen atoms in total. The smallest absolute Gasteiger partial charge is 0.154 e. The van der Waals surface area contributed by atoms with Crippen LogP contribution >= 0.6 is 0 Å². The molecular formula is C23H22N4. The molecule has 1 heterocycles. The fourth-order valence-electron chi connectivity index (χ4n) is 3.06. The van der Waals surface area contributed by atoms with Gasteiger partial charge in [-0.25, -0.2) is 4.99 Å². The first-order chi connectivity index (χ1) is 13.1. The van der Waals surface area contributed by atoms with E-state index in [0.717, 1.165) is 39.6 Å². The Hall–Kier alpha value is -3.40. The standard InChI is InChI=1S/C23H22N4/c1-16-8-10-18(11-9-16)23-24-21-7-5-4-6-20(21)22(25-26-23)17-12-14-19(15-13-17)27(2)3/h4-15H,1-3H3,(H,24,26). The predicted octanol–water partition coefficient (Wildman–Crippen LogP) is 4.49. The van der Waals surface area contributed by atoms with E-state index >= 15 is 0 Å². The van der Waals surface area contributed by atoms with Crippen molar-refractivity contribution in [3.63, 3.8) is 0 Å². The normalized spacial score (nSPS) is 13.0. The fourth-order valence-corrected chi connectivity index (χ4v) is 3.06. The molecule has 0 bridgehead atoms. The summed E-state index contributed by atoms with van der Waals surface area (Å²) in [5.41, 5.74) is 10.4. The first kappa shape index (κ1) is 17.0. The van der Waals surface area contributed by atoms with Gasteiger partial charge in [0.25, 0.3) is 0 Å². The summed E-state index contributed by atoms with van der Waals surface area (Å²) in [4.78, 5) is 6.93. The number of para-hydroxylation sites is 1. The van der Waals surface area contributed by atoms with Crippen molar-refractivity contribution in [2.45, 2.75) is 6.92 Å². The minimum absolute atomic E-state index is 0.752. The van der Waals surface area contributed by atoms with Crippen molar-refractivity contribution < 1.29 is 0 Å². The van der Waals surface area contributed by atoms with Crippen LogP contribution in [0.4, 0.5) is 11.4 Å². The Bertz CT molecular complexity index is 1010. The number of aliphatic imine (C=N–C) groups is 1. The van der Waals surface area contributed by atoms with Crippen LogP contribution in [0.5, 0.6) is 0 Å². The van der Waals surface area contributed by atoms with Gasteiger partial charge in [0.1, 0.15) is 0 Å². The van der Waals surface area contributed by atoms with Gasteiger partial charge in [-0.2, -0.15) is 5.10 Å². The Kier molecular flexibility index (Phi) is 4.47. The third kappa shape index (κ3) is 3.47. The number of amidine groups is 1. The van der Waals surface area contributed by atoms with E-state index in [1.807, 2.05) is 32.3 Å². The highest BCUT2D eigenvalue weighted by Gasteiger charge is 2.16. The Morgan fingerprint density at radius 3 is 2.15 bits per heavy atom. The van der Waals surface area contributed by atoms with Gasteiger partial charge in [-0.1, -0.05) is 60.2 Å². The van der Waals surface area contributed by atoms with Crippen molar-refractivity contribution in [1.29, 1.82) is 0 Å². The monoisotopic (exact) mass is 354 g/mol. The second-order valence-electron chi connectivity index (χ2n) is 6.86. The highest BCUT2D eigenvalue weighted by atomic mass is 15.3. The molecular weight excluding hydrogens is 332 g/mol. The maximum atomic E-state index is 4.84. The number of anilines is 1. The number of fused-ring (bicyclic) bond motifs is 1. The van der Waals surface area contributed by atoms with Gasteiger partial charge in [0.15, 0.2) is 5.84 Å². The topological polar surface area (TPSA) is 40.0 Å². The molecule has 134 valence electrons. The molecule has 3 aromatic rings. The van der Waals surface area contributed by atoms with Gasteiger partial charge in [-0.05, 0) is 25.1 Å². The lowest BCUT2D eigenvalue weighted by atomic mass is 10.0. The molecule has 4 heteroatoms. The van der Waals surface area contributed by atoms with E-state index in [9.17, 15) is 0 Å². The SMILES string of the molecule is Cc1ccc(C2=Nc3ccccc3C(c3ccc(N(C)C)cc3)=NN2)cc1. The fraction of sp³-hybridized carbons (Fsp3) is 0.130. The van der Waals surface area contributed by atoms with E-state index in [-0.39, 0.29) is 0 Å². The lowest BCUT2D eigenvalue weighted by molar-refractivity contribution is 1.03. The Balaban J connectivity index is 1.78. The van der Waals surface area contributed by atoms with Crippen LogP contribution < -0.4 is 10.3 Å². The van der Waals surface area contributed by atoms with Crippen LogP contribution in [-0.2, 0) is 0 Å². The zero-order chi connectivity index (χ0) is 18.8. The summed E-state index contributed by atoms with van der Waals surface area (Å²) in [5, 5.41) is 4.71. The lowest BCUT2D eigenvalue weighted by Crippen LogP contribution is -2.19. The number of hydrazone groups is 1. The summed E-state index contributed by atoms with van der Waals surface area (Å²) >= 11 is 0.